The zero-order valence-corrected chi connectivity index (χ0v) is 11.5. The number of hydrogen-bond donors (Lipinski definition) is 1. The third kappa shape index (κ3) is 3.82. The number of nitro groups is 1. The molecular weight excluding hydrogens is 252 g/mol. The molecule has 1 rings (SSSR count). The van der Waals surface area contributed by atoms with Crippen molar-refractivity contribution in [2.24, 2.45) is 5.92 Å². The van der Waals surface area contributed by atoms with Crippen molar-refractivity contribution in [1.29, 1.82) is 0 Å². The normalized spacial score (nSPS) is 11.9. The topological polar surface area (TPSA) is 55.2 Å². The third-order valence-electron chi connectivity index (χ3n) is 2.65. The van der Waals surface area contributed by atoms with Gasteiger partial charge in [0, 0.05) is 23.7 Å². The number of halogens is 1. The van der Waals surface area contributed by atoms with Crippen LogP contribution in [0.4, 0.5) is 5.69 Å². The highest BCUT2D eigenvalue weighted by atomic mass is 35.5. The summed E-state index contributed by atoms with van der Waals surface area (Å²) in [5.41, 5.74) is 1.89. The van der Waals surface area contributed by atoms with Crippen LogP contribution in [0, 0.1) is 16.0 Å². The number of rotatable bonds is 5. The maximum absolute atomic E-state index is 10.7. The highest BCUT2D eigenvalue weighted by molar-refractivity contribution is 6.32. The number of benzene rings is 1. The maximum Gasteiger partial charge on any atom is 0.270 e. The molecule has 0 aromatic heterocycles. The summed E-state index contributed by atoms with van der Waals surface area (Å²) >= 11 is 6.06. The zero-order valence-electron chi connectivity index (χ0n) is 10.7. The Hall–Kier alpha value is -1.39. The van der Waals surface area contributed by atoms with E-state index in [0.717, 1.165) is 12.1 Å². The van der Waals surface area contributed by atoms with E-state index < -0.39 is 4.92 Å². The summed E-state index contributed by atoms with van der Waals surface area (Å²) in [6, 6.07) is 4.47. The Morgan fingerprint density at radius 1 is 1.56 bits per heavy atom. The summed E-state index contributed by atoms with van der Waals surface area (Å²) in [5.74, 6) is 0.354. The van der Waals surface area contributed by atoms with Crippen molar-refractivity contribution in [3.8, 4) is 0 Å². The first kappa shape index (κ1) is 14.7. The number of nitro benzene ring substituents is 1. The summed E-state index contributed by atoms with van der Waals surface area (Å²) in [7, 11) is 1.87. The highest BCUT2D eigenvalue weighted by Crippen LogP contribution is 2.25. The molecule has 0 aliphatic carbocycles. The molecule has 0 aliphatic heterocycles. The predicted molar refractivity (Wildman–Crippen MR) is 74.8 cm³/mol. The summed E-state index contributed by atoms with van der Waals surface area (Å²) in [5, 5.41) is 14.3. The molecule has 98 valence electrons. The van der Waals surface area contributed by atoms with Gasteiger partial charge in [0.05, 0.1) is 4.92 Å². The molecule has 5 heteroatoms. The van der Waals surface area contributed by atoms with Crippen LogP contribution in [0.5, 0.6) is 0 Å². The SMILES string of the molecule is CNCC(=Cc1cc([N+](=O)[O-])ccc1Cl)C(C)C. The van der Waals surface area contributed by atoms with Crippen molar-refractivity contribution in [1.82, 2.24) is 5.32 Å². The first-order valence-corrected chi connectivity index (χ1v) is 6.12. The molecule has 18 heavy (non-hydrogen) atoms. The summed E-state index contributed by atoms with van der Waals surface area (Å²) in [6.07, 6.45) is 1.91. The lowest BCUT2D eigenvalue weighted by Gasteiger charge is -2.11. The van der Waals surface area contributed by atoms with Crippen molar-refractivity contribution >= 4 is 23.4 Å². The molecule has 4 nitrogen and oxygen atoms in total. The van der Waals surface area contributed by atoms with Gasteiger partial charge >= 0.3 is 0 Å². The van der Waals surface area contributed by atoms with Crippen LogP contribution in [0.25, 0.3) is 6.08 Å². The van der Waals surface area contributed by atoms with Crippen LogP contribution in [-0.4, -0.2) is 18.5 Å². The van der Waals surface area contributed by atoms with E-state index in [0.29, 0.717) is 16.5 Å². The van der Waals surface area contributed by atoms with E-state index in [1.165, 1.54) is 12.1 Å². The Morgan fingerprint density at radius 3 is 2.72 bits per heavy atom. The fraction of sp³-hybridized carbons (Fsp3) is 0.385. The first-order chi connectivity index (χ1) is 8.45. The lowest BCUT2D eigenvalue weighted by atomic mass is 10.00. The zero-order chi connectivity index (χ0) is 13.7. The van der Waals surface area contributed by atoms with Crippen LogP contribution in [-0.2, 0) is 0 Å². The number of hydrogen-bond acceptors (Lipinski definition) is 3. The number of nitrogens with one attached hydrogen (secondary N) is 1. The minimum absolute atomic E-state index is 0.0539. The molecule has 0 spiro atoms. The quantitative estimate of drug-likeness (QED) is 0.657. The fourth-order valence-corrected chi connectivity index (χ4v) is 1.75. The second-order valence-electron chi connectivity index (χ2n) is 4.37. The van der Waals surface area contributed by atoms with Crippen LogP contribution in [0.1, 0.15) is 19.4 Å². The number of likely N-dealkylation sites (N-methyl/N-ethyl adjacent to an activating group) is 1. The van der Waals surface area contributed by atoms with Crippen LogP contribution >= 0.6 is 11.6 Å². The molecule has 0 radical (unpaired) electrons. The van der Waals surface area contributed by atoms with Crippen LogP contribution < -0.4 is 5.32 Å². The van der Waals surface area contributed by atoms with Crippen molar-refractivity contribution in [3.63, 3.8) is 0 Å². The molecule has 0 atom stereocenters. The van der Waals surface area contributed by atoms with E-state index in [9.17, 15) is 10.1 Å². The van der Waals surface area contributed by atoms with Crippen LogP contribution in [0.3, 0.4) is 0 Å². The third-order valence-corrected chi connectivity index (χ3v) is 3.00. The average Bonchev–Trinajstić information content (AvgIpc) is 2.30. The molecule has 0 saturated carbocycles. The van der Waals surface area contributed by atoms with E-state index in [2.05, 4.69) is 19.2 Å². The predicted octanol–water partition coefficient (Wildman–Crippen LogP) is 3.51. The molecule has 1 N–H and O–H groups in total. The van der Waals surface area contributed by atoms with Crippen molar-refractivity contribution < 1.29 is 4.92 Å². The highest BCUT2D eigenvalue weighted by Gasteiger charge is 2.10. The summed E-state index contributed by atoms with van der Waals surface area (Å²) < 4.78 is 0. The smallest absolute Gasteiger partial charge is 0.270 e. The lowest BCUT2D eigenvalue weighted by molar-refractivity contribution is -0.384. The summed E-state index contributed by atoms with van der Waals surface area (Å²) in [4.78, 5) is 10.3. The molecule has 1 aromatic rings. The van der Waals surface area contributed by atoms with Crippen molar-refractivity contribution in [2.75, 3.05) is 13.6 Å². The van der Waals surface area contributed by atoms with Crippen LogP contribution in [0.2, 0.25) is 5.02 Å². The Kier molecular flexibility index (Phi) is 5.31. The maximum atomic E-state index is 10.7. The van der Waals surface area contributed by atoms with Gasteiger partial charge in [-0.3, -0.25) is 10.1 Å². The molecule has 0 fully saturated rings. The summed E-state index contributed by atoms with van der Waals surface area (Å²) in [6.45, 7) is 4.89. The van der Waals surface area contributed by atoms with Crippen molar-refractivity contribution in [2.45, 2.75) is 13.8 Å². The lowest BCUT2D eigenvalue weighted by Crippen LogP contribution is -2.13. The van der Waals surface area contributed by atoms with Gasteiger partial charge in [0.2, 0.25) is 0 Å². The van der Waals surface area contributed by atoms with E-state index >= 15 is 0 Å². The monoisotopic (exact) mass is 268 g/mol. The van der Waals surface area contributed by atoms with Gasteiger partial charge in [0.25, 0.3) is 5.69 Å². The first-order valence-electron chi connectivity index (χ1n) is 5.74. The Balaban J connectivity index is 3.18. The van der Waals surface area contributed by atoms with Gasteiger partial charge in [-0.2, -0.15) is 0 Å². The average molecular weight is 269 g/mol. The fourth-order valence-electron chi connectivity index (χ4n) is 1.58. The Labute approximate surface area is 112 Å². The molecule has 0 saturated heterocycles. The van der Waals surface area contributed by atoms with Crippen LogP contribution in [0.15, 0.2) is 23.8 Å². The van der Waals surface area contributed by atoms with Gasteiger partial charge in [0.15, 0.2) is 0 Å². The minimum atomic E-state index is -0.416. The Bertz CT molecular complexity index is 470. The number of non-ortho nitro benzene ring substituents is 1. The van der Waals surface area contributed by atoms with E-state index in [4.69, 9.17) is 11.6 Å². The largest absolute Gasteiger partial charge is 0.316 e. The second kappa shape index (κ2) is 6.52. The van der Waals surface area contributed by atoms with Gasteiger partial charge in [-0.15, -0.1) is 0 Å². The van der Waals surface area contributed by atoms with Gasteiger partial charge in [0.1, 0.15) is 0 Å². The Morgan fingerprint density at radius 2 is 2.22 bits per heavy atom. The van der Waals surface area contributed by atoms with Crippen molar-refractivity contribution in [3.05, 3.63) is 44.5 Å². The molecule has 0 heterocycles. The van der Waals surface area contributed by atoms with Gasteiger partial charge in [-0.25, -0.2) is 0 Å². The van der Waals surface area contributed by atoms with Gasteiger partial charge < -0.3 is 5.32 Å². The second-order valence-corrected chi connectivity index (χ2v) is 4.77. The van der Waals surface area contributed by atoms with E-state index in [-0.39, 0.29) is 5.69 Å². The van der Waals surface area contributed by atoms with E-state index in [1.54, 1.807) is 6.07 Å². The minimum Gasteiger partial charge on any atom is -0.316 e. The molecular formula is C13H17ClN2O2. The van der Waals surface area contributed by atoms with Gasteiger partial charge in [-0.05, 0) is 24.6 Å². The molecule has 0 unspecified atom stereocenters. The van der Waals surface area contributed by atoms with Gasteiger partial charge in [-0.1, -0.05) is 37.1 Å². The molecule has 0 amide bonds. The molecule has 0 aliphatic rings. The number of nitrogens with zero attached hydrogens (tertiary/aromatic N) is 1. The van der Waals surface area contributed by atoms with E-state index in [1.807, 2.05) is 13.1 Å². The molecule has 1 aromatic carbocycles. The standard InChI is InChI=1S/C13H17ClN2O2/c1-9(2)11(8-15-3)6-10-7-12(16(17)18)4-5-13(10)14/h4-7,9,15H,8H2,1-3H3. The molecule has 0 bridgehead atoms.